The van der Waals surface area contributed by atoms with E-state index in [0.29, 0.717) is 0 Å². The first-order valence-electron chi connectivity index (χ1n) is 6.74. The van der Waals surface area contributed by atoms with Gasteiger partial charge in [-0.25, -0.2) is 0 Å². The Morgan fingerprint density at radius 3 is 1.58 bits per heavy atom. The van der Waals surface area contributed by atoms with Crippen LogP contribution in [-0.4, -0.2) is 0 Å². The Kier molecular flexibility index (Phi) is 11.9. The molecule has 0 saturated heterocycles. The van der Waals surface area contributed by atoms with Crippen molar-refractivity contribution in [3.8, 4) is 0 Å². The van der Waals surface area contributed by atoms with Crippen molar-refractivity contribution >= 4 is 0 Å². The van der Waals surface area contributed by atoms with E-state index in [-0.39, 0.29) is 26.2 Å². The van der Waals surface area contributed by atoms with Crippen molar-refractivity contribution in [1.82, 2.24) is 0 Å². The summed E-state index contributed by atoms with van der Waals surface area (Å²) < 4.78 is 0. The molecule has 98 valence electrons. The van der Waals surface area contributed by atoms with E-state index >= 15 is 0 Å². The third kappa shape index (κ3) is 8.95. The zero-order chi connectivity index (χ0) is 13.1. The molecule has 0 aromatic carbocycles. The van der Waals surface area contributed by atoms with Crippen LogP contribution in [0, 0.1) is 12.2 Å². The molecule has 0 aromatic heterocycles. The van der Waals surface area contributed by atoms with Crippen LogP contribution in [0.5, 0.6) is 0 Å². The summed E-state index contributed by atoms with van der Waals surface area (Å²) in [5.41, 5.74) is 2.47. The zero-order valence-electron chi connectivity index (χ0n) is 11.9. The maximum atomic E-state index is 3.21. The molecule has 0 N–H and O–H groups in total. The summed E-state index contributed by atoms with van der Waals surface area (Å²) in [6.45, 7) is 4.27. The van der Waals surface area contributed by atoms with Gasteiger partial charge in [-0.2, -0.15) is 47.6 Å². The van der Waals surface area contributed by atoms with Crippen molar-refractivity contribution in [2.75, 3.05) is 0 Å². The van der Waals surface area contributed by atoms with Gasteiger partial charge >= 0.3 is 26.2 Å². The van der Waals surface area contributed by atoms with E-state index < -0.39 is 0 Å². The third-order valence-electron chi connectivity index (χ3n) is 2.51. The molecular formula is C18H22Zr. The molecule has 0 unspecified atom stereocenters. The Morgan fingerprint density at radius 1 is 0.895 bits per heavy atom. The Hall–Kier alpha value is -0.677. The average Bonchev–Trinajstić information content (AvgIpc) is 3.07. The molecular weight excluding hydrogens is 307 g/mol. The SMILES string of the molecule is CC/C=C/C1=[C-]CC=C1.CC/C=C/C1=[C-]CC=C1.[Zr+2]. The molecule has 0 nitrogen and oxygen atoms in total. The summed E-state index contributed by atoms with van der Waals surface area (Å²) in [7, 11) is 0. The molecule has 1 heteroatoms. The van der Waals surface area contributed by atoms with E-state index in [0.717, 1.165) is 25.7 Å². The van der Waals surface area contributed by atoms with Crippen LogP contribution in [0.25, 0.3) is 0 Å². The van der Waals surface area contributed by atoms with Crippen molar-refractivity contribution in [3.63, 3.8) is 0 Å². The first kappa shape index (κ1) is 18.3. The van der Waals surface area contributed by atoms with Crippen LogP contribution in [-0.2, 0) is 26.2 Å². The van der Waals surface area contributed by atoms with Gasteiger partial charge in [-0.3, -0.25) is 0 Å². The molecule has 2 rings (SSSR count). The van der Waals surface area contributed by atoms with E-state index in [4.69, 9.17) is 0 Å². The number of hydrogen-bond donors (Lipinski definition) is 0. The maximum Gasteiger partial charge on any atom is 2.00 e. The molecule has 0 spiro atoms. The minimum atomic E-state index is 0. The van der Waals surface area contributed by atoms with Crippen LogP contribution in [0.3, 0.4) is 0 Å². The zero-order valence-corrected chi connectivity index (χ0v) is 14.4. The molecule has 19 heavy (non-hydrogen) atoms. The van der Waals surface area contributed by atoms with Crippen molar-refractivity contribution in [3.05, 3.63) is 71.9 Å². The van der Waals surface area contributed by atoms with Gasteiger partial charge in [-0.15, -0.1) is 24.3 Å². The van der Waals surface area contributed by atoms with Crippen molar-refractivity contribution in [2.24, 2.45) is 0 Å². The molecule has 0 aliphatic heterocycles. The van der Waals surface area contributed by atoms with Gasteiger partial charge in [0.15, 0.2) is 0 Å². The number of allylic oxidation sites excluding steroid dienone is 12. The Balaban J connectivity index is 0.000000324. The van der Waals surface area contributed by atoms with Gasteiger partial charge in [-0.05, 0) is 12.8 Å². The predicted octanol–water partition coefficient (Wildman–Crippen LogP) is 5.28. The van der Waals surface area contributed by atoms with Crippen LogP contribution >= 0.6 is 0 Å². The molecule has 2 aliphatic rings. The van der Waals surface area contributed by atoms with Crippen LogP contribution in [0.15, 0.2) is 59.8 Å². The summed E-state index contributed by atoms with van der Waals surface area (Å²) >= 11 is 0. The summed E-state index contributed by atoms with van der Waals surface area (Å²) in [4.78, 5) is 0. The van der Waals surface area contributed by atoms with Gasteiger partial charge in [-0.1, -0.05) is 26.7 Å². The second-order valence-electron chi connectivity index (χ2n) is 4.10. The monoisotopic (exact) mass is 328 g/mol. The average molecular weight is 330 g/mol. The van der Waals surface area contributed by atoms with E-state index in [1.807, 2.05) is 0 Å². The topological polar surface area (TPSA) is 0 Å². The van der Waals surface area contributed by atoms with Crippen LogP contribution in [0.4, 0.5) is 0 Å². The van der Waals surface area contributed by atoms with E-state index in [1.165, 1.54) is 11.1 Å². The van der Waals surface area contributed by atoms with E-state index in [2.05, 4.69) is 74.6 Å². The molecule has 0 saturated carbocycles. The van der Waals surface area contributed by atoms with E-state index in [1.54, 1.807) is 0 Å². The van der Waals surface area contributed by atoms with Crippen LogP contribution in [0.2, 0.25) is 0 Å². The Labute approximate surface area is 137 Å². The smallest absolute Gasteiger partial charge is 0.198 e. The van der Waals surface area contributed by atoms with Gasteiger partial charge in [0.25, 0.3) is 0 Å². The summed E-state index contributed by atoms with van der Waals surface area (Å²) in [6, 6.07) is 0. The standard InChI is InChI=1S/2C9H11.Zr/c2*1-2-3-6-9-7-4-5-8-9;/h2*3-4,6-7H,2,5H2,1H3;/q2*-1;+2/b2*6-3+;. The van der Waals surface area contributed by atoms with Gasteiger partial charge in [0.1, 0.15) is 0 Å². The molecule has 0 heterocycles. The molecule has 0 amide bonds. The Bertz CT molecular complexity index is 363. The van der Waals surface area contributed by atoms with Crippen molar-refractivity contribution in [2.45, 2.75) is 39.5 Å². The molecule has 2 aliphatic carbocycles. The number of rotatable bonds is 4. The summed E-state index contributed by atoms with van der Waals surface area (Å²) in [5, 5.41) is 0. The molecule has 0 aromatic rings. The first-order valence-corrected chi connectivity index (χ1v) is 6.74. The second-order valence-corrected chi connectivity index (χ2v) is 4.10. The third-order valence-corrected chi connectivity index (χ3v) is 2.51. The van der Waals surface area contributed by atoms with Crippen LogP contribution in [0.1, 0.15) is 39.5 Å². The minimum Gasteiger partial charge on any atom is -0.198 e. The fourth-order valence-corrected chi connectivity index (χ4v) is 1.56. The maximum absolute atomic E-state index is 3.21. The Morgan fingerprint density at radius 2 is 1.32 bits per heavy atom. The van der Waals surface area contributed by atoms with E-state index in [9.17, 15) is 0 Å². The summed E-state index contributed by atoms with van der Waals surface area (Å²) in [5.74, 6) is 0. The fourth-order valence-electron chi connectivity index (χ4n) is 1.56. The second kappa shape index (κ2) is 12.4. The fraction of sp³-hybridized carbons (Fsp3) is 0.333. The van der Waals surface area contributed by atoms with Crippen LogP contribution < -0.4 is 0 Å². The van der Waals surface area contributed by atoms with Crippen molar-refractivity contribution < 1.29 is 26.2 Å². The molecule has 0 bridgehead atoms. The number of hydrogen-bond acceptors (Lipinski definition) is 0. The quantitative estimate of drug-likeness (QED) is 0.615. The minimum absolute atomic E-state index is 0. The first-order chi connectivity index (χ1) is 8.86. The van der Waals surface area contributed by atoms with Gasteiger partial charge < -0.3 is 0 Å². The molecule has 0 fully saturated rings. The normalized spacial score (nSPS) is 16.3. The molecule has 0 radical (unpaired) electrons. The molecule has 0 atom stereocenters. The van der Waals surface area contributed by atoms with Gasteiger partial charge in [0.05, 0.1) is 0 Å². The summed E-state index contributed by atoms with van der Waals surface area (Å²) in [6.07, 6.45) is 27.6. The van der Waals surface area contributed by atoms with Gasteiger partial charge in [0.2, 0.25) is 0 Å². The largest absolute Gasteiger partial charge is 2.00 e. The van der Waals surface area contributed by atoms with Crippen molar-refractivity contribution in [1.29, 1.82) is 0 Å². The van der Waals surface area contributed by atoms with Gasteiger partial charge in [0, 0.05) is 0 Å². The predicted molar refractivity (Wildman–Crippen MR) is 79.9 cm³/mol.